The molecule has 0 aliphatic heterocycles. The van der Waals surface area contributed by atoms with Crippen molar-refractivity contribution in [3.8, 4) is 0 Å². The van der Waals surface area contributed by atoms with E-state index in [0.29, 0.717) is 18.1 Å². The van der Waals surface area contributed by atoms with Gasteiger partial charge in [0, 0.05) is 31.5 Å². The summed E-state index contributed by atoms with van der Waals surface area (Å²) in [6, 6.07) is -0.821. The zero-order chi connectivity index (χ0) is 18.0. The van der Waals surface area contributed by atoms with Crippen LogP contribution < -0.4 is 5.32 Å². The summed E-state index contributed by atoms with van der Waals surface area (Å²) in [5.41, 5.74) is -0.508. The molecular weight excluding hydrogens is 340 g/mol. The molecule has 0 unspecified atom stereocenters. The molecule has 2 N–H and O–H groups in total. The van der Waals surface area contributed by atoms with E-state index in [-0.39, 0.29) is 12.3 Å². The zero-order valence-electron chi connectivity index (χ0n) is 14.2. The summed E-state index contributed by atoms with van der Waals surface area (Å²) in [7, 11) is 4.54. The first-order chi connectivity index (χ1) is 10.5. The number of carbonyl (C=O) groups is 3. The summed E-state index contributed by atoms with van der Waals surface area (Å²) in [5.74, 6) is 0.0718. The lowest BCUT2D eigenvalue weighted by molar-refractivity contribution is -0.148. The number of nitrogens with zero attached hydrogens (tertiary/aromatic N) is 1. The van der Waals surface area contributed by atoms with Crippen LogP contribution in [-0.2, 0) is 14.3 Å². The van der Waals surface area contributed by atoms with Gasteiger partial charge in [-0.25, -0.2) is 9.59 Å². The molecule has 0 heterocycles. The maximum atomic E-state index is 11.8. The Kier molecular flexibility index (Phi) is 10.1. The second-order valence-electron chi connectivity index (χ2n) is 5.84. The van der Waals surface area contributed by atoms with Gasteiger partial charge in [-0.1, -0.05) is 21.6 Å². The third kappa shape index (κ3) is 11.1. The zero-order valence-corrected chi connectivity index (χ0v) is 15.9. The van der Waals surface area contributed by atoms with Crippen LogP contribution in [0.15, 0.2) is 0 Å². The first-order valence-electron chi connectivity index (χ1n) is 7.24. The van der Waals surface area contributed by atoms with Crippen molar-refractivity contribution in [3.63, 3.8) is 0 Å². The van der Waals surface area contributed by atoms with Gasteiger partial charge in [-0.05, 0) is 27.7 Å². The fourth-order valence-electron chi connectivity index (χ4n) is 1.31. The lowest BCUT2D eigenvalue weighted by Gasteiger charge is -2.21. The predicted octanol–water partition coefficient (Wildman–Crippen LogP) is 2.21. The average Bonchev–Trinajstić information content (AvgIpc) is 2.42. The second-order valence-corrected chi connectivity index (χ2v) is 8.54. The van der Waals surface area contributed by atoms with Gasteiger partial charge in [-0.2, -0.15) is 0 Å². The van der Waals surface area contributed by atoms with E-state index in [1.165, 1.54) is 29.7 Å². The normalized spacial score (nSPS) is 12.4. The number of amides is 2. The molecule has 0 aromatic heterocycles. The Balaban J connectivity index is 3.69. The second kappa shape index (κ2) is 10.6. The molecule has 0 aromatic carbocycles. The molecule has 23 heavy (non-hydrogen) atoms. The number of rotatable bonds is 9. The van der Waals surface area contributed by atoms with Crippen LogP contribution in [0.1, 0.15) is 34.1 Å². The highest BCUT2D eigenvalue weighted by molar-refractivity contribution is 8.76. The van der Waals surface area contributed by atoms with Crippen molar-refractivity contribution in [2.24, 2.45) is 0 Å². The molecule has 0 rings (SSSR count). The molecule has 0 fully saturated rings. The number of aliphatic carboxylic acids is 1. The van der Waals surface area contributed by atoms with Gasteiger partial charge < -0.3 is 20.1 Å². The number of likely N-dealkylation sites (N-methyl/N-ethyl adjacent to an activating group) is 1. The van der Waals surface area contributed by atoms with E-state index in [1.807, 2.05) is 0 Å². The SMILES string of the molecule is C[C@@H](C(=O)O)N(C)C(=O)CCSSCCNC(=O)OC(C)(C)C. The maximum Gasteiger partial charge on any atom is 0.407 e. The number of alkyl carbamates (subject to hydrolysis) is 1. The highest BCUT2D eigenvalue weighted by atomic mass is 33.1. The van der Waals surface area contributed by atoms with E-state index in [4.69, 9.17) is 9.84 Å². The molecule has 0 spiro atoms. The summed E-state index contributed by atoms with van der Waals surface area (Å²) >= 11 is 0. The first kappa shape index (κ1) is 21.9. The molecule has 0 bridgehead atoms. The number of carbonyl (C=O) groups excluding carboxylic acids is 2. The minimum atomic E-state index is -1.02. The molecule has 0 aliphatic carbocycles. The third-order valence-corrected chi connectivity index (χ3v) is 5.08. The Labute approximate surface area is 145 Å². The van der Waals surface area contributed by atoms with E-state index >= 15 is 0 Å². The van der Waals surface area contributed by atoms with Crippen LogP contribution in [0.25, 0.3) is 0 Å². The largest absolute Gasteiger partial charge is 0.480 e. The standard InChI is InChI=1S/C14H26N2O5S2/c1-10(12(18)19)16(5)11(17)6-8-22-23-9-7-15-13(20)21-14(2,3)4/h10H,6-9H2,1-5H3,(H,15,20)(H,18,19)/t10-/m0/s1. The van der Waals surface area contributed by atoms with Crippen LogP contribution in [0.2, 0.25) is 0 Å². The fraction of sp³-hybridized carbons (Fsp3) is 0.786. The van der Waals surface area contributed by atoms with Crippen LogP contribution in [-0.4, -0.2) is 64.7 Å². The van der Waals surface area contributed by atoms with Crippen LogP contribution in [0.5, 0.6) is 0 Å². The molecule has 1 atom stereocenters. The van der Waals surface area contributed by atoms with Crippen LogP contribution in [0.3, 0.4) is 0 Å². The maximum absolute atomic E-state index is 11.8. The van der Waals surface area contributed by atoms with Crippen LogP contribution in [0, 0.1) is 0 Å². The van der Waals surface area contributed by atoms with Gasteiger partial charge in [-0.15, -0.1) is 0 Å². The molecule has 0 saturated carbocycles. The van der Waals surface area contributed by atoms with Gasteiger partial charge in [0.2, 0.25) is 5.91 Å². The predicted molar refractivity (Wildman–Crippen MR) is 93.6 cm³/mol. The van der Waals surface area contributed by atoms with Crippen molar-refractivity contribution >= 4 is 39.6 Å². The quantitative estimate of drug-likeness (QED) is 0.477. The molecule has 0 aromatic rings. The monoisotopic (exact) mass is 366 g/mol. The molecule has 0 saturated heterocycles. The Morgan fingerprint density at radius 2 is 1.78 bits per heavy atom. The van der Waals surface area contributed by atoms with E-state index in [9.17, 15) is 14.4 Å². The van der Waals surface area contributed by atoms with Crippen molar-refractivity contribution < 1.29 is 24.2 Å². The topological polar surface area (TPSA) is 95.9 Å². The minimum Gasteiger partial charge on any atom is -0.480 e. The molecule has 2 amide bonds. The number of hydrogen-bond acceptors (Lipinski definition) is 6. The average molecular weight is 367 g/mol. The van der Waals surface area contributed by atoms with Crippen molar-refractivity contribution in [2.75, 3.05) is 25.1 Å². The number of carboxylic acid groups (broad SMARTS) is 1. The Morgan fingerprint density at radius 1 is 1.22 bits per heavy atom. The summed E-state index contributed by atoms with van der Waals surface area (Å²) in [6.45, 7) is 7.37. The van der Waals surface area contributed by atoms with Gasteiger partial charge in [0.15, 0.2) is 0 Å². The Hall–Kier alpha value is -1.09. The van der Waals surface area contributed by atoms with Crippen molar-refractivity contribution in [1.82, 2.24) is 10.2 Å². The molecule has 134 valence electrons. The number of ether oxygens (including phenoxy) is 1. The third-order valence-electron chi connectivity index (χ3n) is 2.67. The molecule has 7 nitrogen and oxygen atoms in total. The van der Waals surface area contributed by atoms with Crippen molar-refractivity contribution in [1.29, 1.82) is 0 Å². The number of nitrogens with one attached hydrogen (secondary N) is 1. The highest BCUT2D eigenvalue weighted by Gasteiger charge is 2.21. The van der Waals surface area contributed by atoms with E-state index in [1.54, 1.807) is 31.6 Å². The summed E-state index contributed by atoms with van der Waals surface area (Å²) in [5, 5.41) is 11.5. The number of carboxylic acids is 1. The van der Waals surface area contributed by atoms with Gasteiger partial charge in [0.25, 0.3) is 0 Å². The van der Waals surface area contributed by atoms with Gasteiger partial charge in [0.05, 0.1) is 0 Å². The summed E-state index contributed by atoms with van der Waals surface area (Å²) in [6.07, 6.45) is -0.159. The lowest BCUT2D eigenvalue weighted by atomic mass is 10.2. The van der Waals surface area contributed by atoms with E-state index < -0.39 is 23.7 Å². The summed E-state index contributed by atoms with van der Waals surface area (Å²) < 4.78 is 5.10. The Morgan fingerprint density at radius 3 is 2.30 bits per heavy atom. The lowest BCUT2D eigenvalue weighted by Crippen LogP contribution is -2.40. The Bertz CT molecular complexity index is 412. The molecule has 0 aliphatic rings. The molecular formula is C14H26N2O5S2. The van der Waals surface area contributed by atoms with Crippen molar-refractivity contribution in [2.45, 2.75) is 45.8 Å². The van der Waals surface area contributed by atoms with Gasteiger partial charge in [0.1, 0.15) is 11.6 Å². The van der Waals surface area contributed by atoms with E-state index in [2.05, 4.69) is 5.32 Å². The molecule has 9 heteroatoms. The van der Waals surface area contributed by atoms with Crippen LogP contribution >= 0.6 is 21.6 Å². The fourth-order valence-corrected chi connectivity index (χ4v) is 3.20. The summed E-state index contributed by atoms with van der Waals surface area (Å²) in [4.78, 5) is 35.2. The number of hydrogen-bond donors (Lipinski definition) is 2. The van der Waals surface area contributed by atoms with Gasteiger partial charge in [-0.3, -0.25) is 4.79 Å². The van der Waals surface area contributed by atoms with Crippen LogP contribution in [0.4, 0.5) is 4.79 Å². The van der Waals surface area contributed by atoms with Crippen molar-refractivity contribution in [3.05, 3.63) is 0 Å². The molecule has 0 radical (unpaired) electrons. The first-order valence-corrected chi connectivity index (χ1v) is 9.73. The smallest absolute Gasteiger partial charge is 0.407 e. The van der Waals surface area contributed by atoms with Gasteiger partial charge >= 0.3 is 12.1 Å². The minimum absolute atomic E-state index is 0.195. The van der Waals surface area contributed by atoms with E-state index in [0.717, 1.165) is 0 Å². The highest BCUT2D eigenvalue weighted by Crippen LogP contribution is 2.21.